The van der Waals surface area contributed by atoms with Crippen LogP contribution in [0.1, 0.15) is 89.5 Å². The molecule has 2 rings (SSSR count). The lowest BCUT2D eigenvalue weighted by Gasteiger charge is -2.34. The van der Waals surface area contributed by atoms with Crippen LogP contribution >= 0.6 is 0 Å². The summed E-state index contributed by atoms with van der Waals surface area (Å²) in [4.78, 5) is 54.3. The zero-order valence-electron chi connectivity index (χ0n) is 25.3. The molecule has 41 heavy (non-hydrogen) atoms. The van der Waals surface area contributed by atoms with Gasteiger partial charge in [-0.25, -0.2) is 4.79 Å². The largest absolute Gasteiger partial charge is 0.444 e. The molecular weight excluding hydrogens is 520 g/mol. The number of nitrogens with zero attached hydrogens (tertiary/aromatic N) is 1. The van der Waals surface area contributed by atoms with E-state index in [9.17, 15) is 19.2 Å². The SMILES string of the molecule is CCCCCCN(C(=O)C(CC(N)=O)NC(=O)OC(C)(C)C)C(C(=O)Nc1ccccc1C)c1ccc(CC)cc1. The van der Waals surface area contributed by atoms with Gasteiger partial charge in [-0.05, 0) is 63.3 Å². The molecule has 9 nitrogen and oxygen atoms in total. The normalized spacial score (nSPS) is 12.6. The number of hydrogen-bond donors (Lipinski definition) is 3. The zero-order chi connectivity index (χ0) is 30.6. The number of amides is 4. The molecule has 4 N–H and O–H groups in total. The summed E-state index contributed by atoms with van der Waals surface area (Å²) in [6.45, 7) is 11.4. The first-order valence-corrected chi connectivity index (χ1v) is 14.4. The molecule has 2 aromatic rings. The number of primary amides is 1. The summed E-state index contributed by atoms with van der Waals surface area (Å²) in [5.74, 6) is -1.75. The third-order valence-electron chi connectivity index (χ3n) is 6.60. The minimum atomic E-state index is -1.31. The molecule has 0 aliphatic rings. The number of nitrogens with two attached hydrogens (primary N) is 1. The lowest BCUT2D eigenvalue weighted by Crippen LogP contribution is -2.53. The Morgan fingerprint density at radius 3 is 2.17 bits per heavy atom. The molecule has 0 spiro atoms. The topological polar surface area (TPSA) is 131 Å². The average Bonchev–Trinajstić information content (AvgIpc) is 2.89. The van der Waals surface area contributed by atoms with Crippen LogP contribution in [0.2, 0.25) is 0 Å². The molecule has 0 aromatic heterocycles. The van der Waals surface area contributed by atoms with Gasteiger partial charge in [-0.2, -0.15) is 0 Å². The number of ether oxygens (including phenoxy) is 1. The summed E-state index contributed by atoms with van der Waals surface area (Å²) in [6, 6.07) is 12.6. The molecule has 0 radical (unpaired) electrons. The fourth-order valence-corrected chi connectivity index (χ4v) is 4.45. The van der Waals surface area contributed by atoms with E-state index < -0.39 is 47.9 Å². The minimum Gasteiger partial charge on any atom is -0.444 e. The van der Waals surface area contributed by atoms with Crippen LogP contribution in [0, 0.1) is 6.92 Å². The van der Waals surface area contributed by atoms with Crippen molar-refractivity contribution in [1.82, 2.24) is 10.2 Å². The van der Waals surface area contributed by atoms with Gasteiger partial charge < -0.3 is 26.0 Å². The fourth-order valence-electron chi connectivity index (χ4n) is 4.45. The maximum atomic E-state index is 14.2. The van der Waals surface area contributed by atoms with Crippen molar-refractivity contribution in [2.24, 2.45) is 5.73 Å². The molecular formula is C32H46N4O5. The fraction of sp³-hybridized carbons (Fsp3) is 0.500. The Morgan fingerprint density at radius 2 is 1.61 bits per heavy atom. The molecule has 4 amide bonds. The molecule has 224 valence electrons. The van der Waals surface area contributed by atoms with E-state index in [1.807, 2.05) is 56.3 Å². The maximum absolute atomic E-state index is 14.2. The second-order valence-electron chi connectivity index (χ2n) is 11.3. The second-order valence-corrected chi connectivity index (χ2v) is 11.3. The van der Waals surface area contributed by atoms with Gasteiger partial charge in [-0.1, -0.05) is 75.6 Å². The van der Waals surface area contributed by atoms with Gasteiger partial charge in [0.25, 0.3) is 5.91 Å². The number of nitrogens with one attached hydrogen (secondary N) is 2. The first-order valence-electron chi connectivity index (χ1n) is 14.4. The number of benzene rings is 2. The van der Waals surface area contributed by atoms with Crippen molar-refractivity contribution in [2.75, 3.05) is 11.9 Å². The van der Waals surface area contributed by atoms with E-state index in [-0.39, 0.29) is 6.54 Å². The van der Waals surface area contributed by atoms with Crippen LogP contribution in [0.3, 0.4) is 0 Å². The highest BCUT2D eigenvalue weighted by molar-refractivity contribution is 6.00. The van der Waals surface area contributed by atoms with E-state index in [0.29, 0.717) is 17.7 Å². The smallest absolute Gasteiger partial charge is 0.408 e. The Morgan fingerprint density at radius 1 is 0.951 bits per heavy atom. The van der Waals surface area contributed by atoms with E-state index in [0.717, 1.165) is 36.8 Å². The first kappa shape index (κ1) is 33.3. The molecule has 2 atom stereocenters. The van der Waals surface area contributed by atoms with Crippen LogP contribution in [0.5, 0.6) is 0 Å². The number of para-hydroxylation sites is 1. The molecule has 0 fully saturated rings. The average molecular weight is 567 g/mol. The predicted molar refractivity (Wildman–Crippen MR) is 161 cm³/mol. The number of anilines is 1. The number of carbonyl (C=O) groups is 4. The summed E-state index contributed by atoms with van der Waals surface area (Å²) in [5.41, 5.74) is 7.89. The highest BCUT2D eigenvalue weighted by Gasteiger charge is 2.37. The van der Waals surface area contributed by atoms with Crippen LogP contribution in [0.25, 0.3) is 0 Å². The third-order valence-corrected chi connectivity index (χ3v) is 6.60. The number of rotatable bonds is 14. The Kier molecular flexibility index (Phi) is 12.8. The van der Waals surface area contributed by atoms with Gasteiger partial charge in [0.2, 0.25) is 11.8 Å². The molecule has 0 bridgehead atoms. The van der Waals surface area contributed by atoms with E-state index in [4.69, 9.17) is 10.5 Å². The lowest BCUT2D eigenvalue weighted by molar-refractivity contribution is -0.142. The summed E-state index contributed by atoms with van der Waals surface area (Å²) in [5, 5.41) is 5.51. The van der Waals surface area contributed by atoms with Crippen molar-refractivity contribution >= 4 is 29.5 Å². The van der Waals surface area contributed by atoms with Crippen LogP contribution in [0.4, 0.5) is 10.5 Å². The first-order chi connectivity index (χ1) is 19.4. The minimum absolute atomic E-state index is 0.242. The van der Waals surface area contributed by atoms with Crippen molar-refractivity contribution in [2.45, 2.75) is 97.8 Å². The van der Waals surface area contributed by atoms with Gasteiger partial charge in [0.05, 0.1) is 6.42 Å². The summed E-state index contributed by atoms with van der Waals surface area (Å²) >= 11 is 0. The number of carbonyl (C=O) groups excluding carboxylic acids is 4. The van der Waals surface area contributed by atoms with Gasteiger partial charge in [0.1, 0.15) is 17.7 Å². The van der Waals surface area contributed by atoms with Crippen molar-refractivity contribution in [3.8, 4) is 0 Å². The molecule has 9 heteroatoms. The maximum Gasteiger partial charge on any atom is 0.408 e. The Bertz CT molecular complexity index is 1170. The summed E-state index contributed by atoms with van der Waals surface area (Å²) in [6.07, 6.45) is 2.97. The number of aryl methyl sites for hydroxylation is 2. The van der Waals surface area contributed by atoms with Crippen molar-refractivity contribution in [3.05, 3.63) is 65.2 Å². The van der Waals surface area contributed by atoms with E-state index in [1.165, 1.54) is 4.90 Å². The molecule has 0 aliphatic heterocycles. The summed E-state index contributed by atoms with van der Waals surface area (Å²) in [7, 11) is 0. The van der Waals surface area contributed by atoms with Crippen molar-refractivity contribution in [1.29, 1.82) is 0 Å². The second kappa shape index (κ2) is 15.8. The van der Waals surface area contributed by atoms with Crippen LogP contribution < -0.4 is 16.4 Å². The Labute approximate surface area is 244 Å². The van der Waals surface area contributed by atoms with Gasteiger partial charge in [-0.3, -0.25) is 14.4 Å². The third kappa shape index (κ3) is 10.9. The number of alkyl carbamates (subject to hydrolysis) is 1. The van der Waals surface area contributed by atoms with Crippen molar-refractivity contribution in [3.63, 3.8) is 0 Å². The highest BCUT2D eigenvalue weighted by atomic mass is 16.6. The molecule has 2 aromatic carbocycles. The number of unbranched alkanes of at least 4 members (excludes halogenated alkanes) is 3. The summed E-state index contributed by atoms with van der Waals surface area (Å²) < 4.78 is 5.35. The lowest BCUT2D eigenvalue weighted by atomic mass is 9.99. The van der Waals surface area contributed by atoms with E-state index >= 15 is 0 Å². The standard InChI is InChI=1S/C32H46N4O5/c1-7-9-10-13-20-36(30(39)26(21-27(33)37)35-31(40)41-32(4,5)6)28(24-18-16-23(8-2)17-19-24)29(38)34-25-15-12-11-14-22(25)3/h11-12,14-19,26,28H,7-10,13,20-21H2,1-6H3,(H2,33,37)(H,34,38)(H,35,40). The number of hydrogen-bond acceptors (Lipinski definition) is 5. The van der Waals surface area contributed by atoms with E-state index in [2.05, 4.69) is 17.6 Å². The van der Waals surface area contributed by atoms with Crippen LogP contribution in [-0.2, 0) is 25.5 Å². The van der Waals surface area contributed by atoms with Crippen LogP contribution in [-0.4, -0.2) is 46.9 Å². The monoisotopic (exact) mass is 566 g/mol. The highest BCUT2D eigenvalue weighted by Crippen LogP contribution is 2.27. The quantitative estimate of drug-likeness (QED) is 0.263. The molecule has 0 saturated heterocycles. The van der Waals surface area contributed by atoms with Gasteiger partial charge in [-0.15, -0.1) is 0 Å². The molecule has 0 saturated carbocycles. The Balaban J connectivity index is 2.56. The molecule has 0 heterocycles. The van der Waals surface area contributed by atoms with Gasteiger partial charge in [0, 0.05) is 12.2 Å². The van der Waals surface area contributed by atoms with Gasteiger partial charge in [0.15, 0.2) is 0 Å². The van der Waals surface area contributed by atoms with E-state index in [1.54, 1.807) is 26.8 Å². The zero-order valence-corrected chi connectivity index (χ0v) is 25.3. The molecule has 0 aliphatic carbocycles. The van der Waals surface area contributed by atoms with Crippen molar-refractivity contribution < 1.29 is 23.9 Å². The predicted octanol–water partition coefficient (Wildman–Crippen LogP) is 5.41. The Hall–Kier alpha value is -3.88. The van der Waals surface area contributed by atoms with Gasteiger partial charge >= 0.3 is 6.09 Å². The van der Waals surface area contributed by atoms with Crippen LogP contribution in [0.15, 0.2) is 48.5 Å². The molecule has 2 unspecified atom stereocenters.